The lowest BCUT2D eigenvalue weighted by Gasteiger charge is -2.17. The van der Waals surface area contributed by atoms with Crippen molar-refractivity contribution in [3.8, 4) is 0 Å². The van der Waals surface area contributed by atoms with E-state index in [0.29, 0.717) is 18.2 Å². The highest BCUT2D eigenvalue weighted by Crippen LogP contribution is 2.36. The minimum absolute atomic E-state index is 0.298. The van der Waals surface area contributed by atoms with E-state index in [4.69, 9.17) is 5.73 Å². The fourth-order valence-electron chi connectivity index (χ4n) is 1.94. The third kappa shape index (κ3) is 2.82. The summed E-state index contributed by atoms with van der Waals surface area (Å²) >= 11 is 0. The van der Waals surface area contributed by atoms with Gasteiger partial charge in [0.2, 0.25) is 0 Å². The standard InChI is InChI=1S/C13H13F4N3/c1-2-20-7-8(6-19-20)12(18)10-5-9(14)3-4-11(10)13(15,16)17/h3-7,12H,2,18H2,1H3. The number of nitrogens with zero attached hydrogens (tertiary/aromatic N) is 2. The summed E-state index contributed by atoms with van der Waals surface area (Å²) in [4.78, 5) is 0. The molecule has 0 fully saturated rings. The van der Waals surface area contributed by atoms with Crippen LogP contribution < -0.4 is 5.73 Å². The molecule has 0 aliphatic carbocycles. The van der Waals surface area contributed by atoms with Gasteiger partial charge >= 0.3 is 6.18 Å². The van der Waals surface area contributed by atoms with Crippen LogP contribution in [0.5, 0.6) is 0 Å². The molecule has 1 aromatic carbocycles. The summed E-state index contributed by atoms with van der Waals surface area (Å²) in [5.41, 5.74) is 5.00. The smallest absolute Gasteiger partial charge is 0.320 e. The quantitative estimate of drug-likeness (QED) is 0.881. The monoisotopic (exact) mass is 287 g/mol. The molecular weight excluding hydrogens is 274 g/mol. The number of halogens is 4. The average molecular weight is 287 g/mol. The van der Waals surface area contributed by atoms with Crippen LogP contribution in [-0.4, -0.2) is 9.78 Å². The Labute approximate surface area is 113 Å². The first-order valence-corrected chi connectivity index (χ1v) is 5.97. The molecule has 1 aromatic heterocycles. The van der Waals surface area contributed by atoms with E-state index in [1.54, 1.807) is 10.9 Å². The highest BCUT2D eigenvalue weighted by molar-refractivity contribution is 5.37. The molecule has 3 nitrogen and oxygen atoms in total. The van der Waals surface area contributed by atoms with Crippen LogP contribution in [0.1, 0.15) is 29.7 Å². The Balaban J connectivity index is 2.47. The molecule has 0 saturated carbocycles. The summed E-state index contributed by atoms with van der Waals surface area (Å²) < 4.78 is 53.6. The number of hydrogen-bond donors (Lipinski definition) is 1. The van der Waals surface area contributed by atoms with Gasteiger partial charge in [0, 0.05) is 18.3 Å². The van der Waals surface area contributed by atoms with E-state index in [1.165, 1.54) is 6.20 Å². The second-order valence-corrected chi connectivity index (χ2v) is 4.34. The molecule has 7 heteroatoms. The van der Waals surface area contributed by atoms with Crippen LogP contribution >= 0.6 is 0 Å². The van der Waals surface area contributed by atoms with Gasteiger partial charge in [0.15, 0.2) is 0 Å². The Bertz CT molecular complexity index is 604. The highest BCUT2D eigenvalue weighted by Gasteiger charge is 2.35. The van der Waals surface area contributed by atoms with E-state index in [1.807, 2.05) is 6.92 Å². The maximum atomic E-state index is 13.2. The fourth-order valence-corrected chi connectivity index (χ4v) is 1.94. The van der Waals surface area contributed by atoms with Crippen LogP contribution in [0.4, 0.5) is 17.6 Å². The molecule has 0 radical (unpaired) electrons. The normalized spacial score (nSPS) is 13.5. The predicted octanol–water partition coefficient (Wildman–Crippen LogP) is 3.11. The van der Waals surface area contributed by atoms with Crippen LogP contribution in [0.2, 0.25) is 0 Å². The van der Waals surface area contributed by atoms with Crippen molar-refractivity contribution in [3.63, 3.8) is 0 Å². The molecule has 0 spiro atoms. The molecule has 20 heavy (non-hydrogen) atoms. The van der Waals surface area contributed by atoms with Gasteiger partial charge in [-0.05, 0) is 30.7 Å². The lowest BCUT2D eigenvalue weighted by molar-refractivity contribution is -0.138. The Morgan fingerprint density at radius 1 is 1.35 bits per heavy atom. The van der Waals surface area contributed by atoms with Gasteiger partial charge in [0.1, 0.15) is 5.82 Å². The largest absolute Gasteiger partial charge is 0.416 e. The molecule has 2 aromatic rings. The molecule has 2 N–H and O–H groups in total. The van der Waals surface area contributed by atoms with Crippen molar-refractivity contribution in [2.45, 2.75) is 25.7 Å². The van der Waals surface area contributed by atoms with Crippen molar-refractivity contribution in [1.82, 2.24) is 9.78 Å². The van der Waals surface area contributed by atoms with E-state index in [0.717, 1.165) is 12.1 Å². The predicted molar refractivity (Wildman–Crippen MR) is 65.3 cm³/mol. The molecule has 0 amide bonds. The maximum absolute atomic E-state index is 13.2. The van der Waals surface area contributed by atoms with Gasteiger partial charge in [-0.3, -0.25) is 4.68 Å². The molecule has 1 heterocycles. The van der Waals surface area contributed by atoms with E-state index < -0.39 is 23.6 Å². The molecule has 2 rings (SSSR count). The summed E-state index contributed by atoms with van der Waals surface area (Å²) in [6.45, 7) is 2.41. The van der Waals surface area contributed by atoms with E-state index in [-0.39, 0.29) is 5.56 Å². The summed E-state index contributed by atoms with van der Waals surface area (Å²) in [5, 5.41) is 3.96. The topological polar surface area (TPSA) is 43.8 Å². The second-order valence-electron chi connectivity index (χ2n) is 4.34. The van der Waals surface area contributed by atoms with Crippen LogP contribution in [0.15, 0.2) is 30.6 Å². The van der Waals surface area contributed by atoms with Gasteiger partial charge in [-0.1, -0.05) is 0 Å². The summed E-state index contributed by atoms with van der Waals surface area (Å²) in [5.74, 6) is -0.758. The maximum Gasteiger partial charge on any atom is 0.416 e. The summed E-state index contributed by atoms with van der Waals surface area (Å²) in [6, 6.07) is 1.21. The highest BCUT2D eigenvalue weighted by atomic mass is 19.4. The van der Waals surface area contributed by atoms with Crippen LogP contribution in [0.25, 0.3) is 0 Å². The second kappa shape index (κ2) is 5.24. The zero-order valence-electron chi connectivity index (χ0n) is 10.7. The van der Waals surface area contributed by atoms with Crippen molar-refractivity contribution in [1.29, 1.82) is 0 Å². The van der Waals surface area contributed by atoms with E-state index in [2.05, 4.69) is 5.10 Å². The SMILES string of the molecule is CCn1cc(C(N)c2cc(F)ccc2C(F)(F)F)cn1. The number of aromatic nitrogens is 2. The Morgan fingerprint density at radius 2 is 2.05 bits per heavy atom. The minimum atomic E-state index is -4.58. The zero-order chi connectivity index (χ0) is 14.9. The van der Waals surface area contributed by atoms with Gasteiger partial charge in [-0.15, -0.1) is 0 Å². The lowest BCUT2D eigenvalue weighted by Crippen LogP contribution is -2.18. The van der Waals surface area contributed by atoms with Crippen LogP contribution in [0.3, 0.4) is 0 Å². The molecule has 0 aliphatic rings. The first-order valence-electron chi connectivity index (χ1n) is 5.97. The third-order valence-corrected chi connectivity index (χ3v) is 2.99. The van der Waals surface area contributed by atoms with E-state index in [9.17, 15) is 17.6 Å². The number of alkyl halides is 3. The number of benzene rings is 1. The van der Waals surface area contributed by atoms with Crippen molar-refractivity contribution in [3.05, 3.63) is 53.1 Å². The Kier molecular flexibility index (Phi) is 3.80. The third-order valence-electron chi connectivity index (χ3n) is 2.99. The Hall–Kier alpha value is -1.89. The van der Waals surface area contributed by atoms with Gasteiger partial charge < -0.3 is 5.73 Å². The van der Waals surface area contributed by atoms with Gasteiger partial charge in [0.05, 0.1) is 17.8 Å². The van der Waals surface area contributed by atoms with E-state index >= 15 is 0 Å². The van der Waals surface area contributed by atoms with Crippen molar-refractivity contribution in [2.75, 3.05) is 0 Å². The van der Waals surface area contributed by atoms with Crippen molar-refractivity contribution < 1.29 is 17.6 Å². The van der Waals surface area contributed by atoms with Gasteiger partial charge in [-0.2, -0.15) is 18.3 Å². The van der Waals surface area contributed by atoms with Crippen LogP contribution in [-0.2, 0) is 12.7 Å². The molecule has 108 valence electrons. The van der Waals surface area contributed by atoms with Crippen molar-refractivity contribution >= 4 is 0 Å². The molecule has 0 bridgehead atoms. The average Bonchev–Trinajstić information content (AvgIpc) is 2.85. The number of aryl methyl sites for hydroxylation is 1. The first-order chi connectivity index (χ1) is 9.32. The van der Waals surface area contributed by atoms with Gasteiger partial charge in [-0.25, -0.2) is 4.39 Å². The molecule has 1 unspecified atom stereocenters. The number of hydrogen-bond acceptors (Lipinski definition) is 2. The molecular formula is C13H13F4N3. The first kappa shape index (κ1) is 14.5. The number of rotatable bonds is 3. The van der Waals surface area contributed by atoms with Gasteiger partial charge in [0.25, 0.3) is 0 Å². The molecule has 0 aliphatic heterocycles. The summed E-state index contributed by atoms with van der Waals surface area (Å²) in [7, 11) is 0. The Morgan fingerprint density at radius 3 is 2.60 bits per heavy atom. The fraction of sp³-hybridized carbons (Fsp3) is 0.308. The lowest BCUT2D eigenvalue weighted by atomic mass is 9.96. The summed E-state index contributed by atoms with van der Waals surface area (Å²) in [6.07, 6.45) is -1.64. The minimum Gasteiger partial charge on any atom is -0.320 e. The van der Waals surface area contributed by atoms with Crippen molar-refractivity contribution in [2.24, 2.45) is 5.73 Å². The number of nitrogens with two attached hydrogens (primary N) is 1. The molecule has 0 saturated heterocycles. The molecule has 1 atom stereocenters. The van der Waals surface area contributed by atoms with Crippen LogP contribution in [0, 0.1) is 5.82 Å². The zero-order valence-corrected chi connectivity index (χ0v) is 10.7.